The van der Waals surface area contributed by atoms with Crippen LogP contribution in [0.15, 0.2) is 0 Å². The van der Waals surface area contributed by atoms with Crippen LogP contribution in [-0.4, -0.2) is 17.2 Å². The molecule has 0 aromatic heterocycles. The molecule has 19 heavy (non-hydrogen) atoms. The first-order chi connectivity index (χ1) is 9.16. The number of esters is 1. The van der Waals surface area contributed by atoms with Crippen molar-refractivity contribution in [2.75, 3.05) is 6.61 Å². The normalized spacial score (nSPS) is 10.9. The van der Waals surface area contributed by atoms with E-state index in [2.05, 4.69) is 32.2 Å². The van der Waals surface area contributed by atoms with Crippen LogP contribution in [0.2, 0.25) is 0 Å². The highest BCUT2D eigenvalue weighted by Crippen LogP contribution is 2.11. The molecule has 4 heteroatoms. The highest BCUT2D eigenvalue weighted by atomic mass is 32.2. The van der Waals surface area contributed by atoms with E-state index < -0.39 is 0 Å². The van der Waals surface area contributed by atoms with Crippen LogP contribution in [0.3, 0.4) is 0 Å². The zero-order valence-corrected chi connectivity index (χ0v) is 14.1. The van der Waals surface area contributed by atoms with Crippen molar-refractivity contribution < 1.29 is 9.53 Å². The minimum atomic E-state index is -0.208. The lowest BCUT2D eigenvalue weighted by Gasteiger charge is -2.06. The molecule has 0 aromatic rings. The molecular formula is C15H30O2S2. The van der Waals surface area contributed by atoms with Crippen LogP contribution in [0, 0.1) is 0 Å². The summed E-state index contributed by atoms with van der Waals surface area (Å²) in [7, 11) is 0. The maximum Gasteiger partial charge on any atom is 0.307 e. The summed E-state index contributed by atoms with van der Waals surface area (Å²) in [5.74, 6) is -0.189. The smallest absolute Gasteiger partial charge is 0.307 e. The van der Waals surface area contributed by atoms with Gasteiger partial charge in [0, 0.05) is 0 Å². The molecular weight excluding hydrogens is 276 g/mol. The number of ether oxygens (including phenoxy) is 1. The second kappa shape index (κ2) is 14.6. The summed E-state index contributed by atoms with van der Waals surface area (Å²) in [5, 5.41) is 0. The van der Waals surface area contributed by atoms with Crippen LogP contribution in [-0.2, 0) is 9.53 Å². The predicted octanol–water partition coefficient (Wildman–Crippen LogP) is 5.03. The number of hydrogen-bond acceptors (Lipinski definition) is 4. The predicted molar refractivity (Wildman–Crippen MR) is 89.2 cm³/mol. The van der Waals surface area contributed by atoms with Gasteiger partial charge in [0.25, 0.3) is 0 Å². The van der Waals surface area contributed by atoms with Crippen molar-refractivity contribution >= 4 is 31.2 Å². The Morgan fingerprint density at radius 3 is 1.84 bits per heavy atom. The molecule has 0 amide bonds. The van der Waals surface area contributed by atoms with Crippen LogP contribution in [0.4, 0.5) is 0 Å². The van der Waals surface area contributed by atoms with Gasteiger partial charge in [-0.15, -0.1) is 0 Å². The quantitative estimate of drug-likeness (QED) is 0.216. The minimum absolute atomic E-state index is 0.189. The number of hydrogen-bond donors (Lipinski definition) is 2. The van der Waals surface area contributed by atoms with E-state index in [-0.39, 0.29) is 17.0 Å². The summed E-state index contributed by atoms with van der Waals surface area (Å²) in [4.78, 5) is 11.2. The molecule has 0 rings (SSSR count). The SMILES string of the molecule is CCCCCCCCCCCCOC(=O)CC(S)S. The molecule has 0 saturated heterocycles. The Hall–Kier alpha value is 0.170. The first-order valence-electron chi connectivity index (χ1n) is 7.68. The topological polar surface area (TPSA) is 26.3 Å². The van der Waals surface area contributed by atoms with Crippen LogP contribution in [0.25, 0.3) is 0 Å². The molecule has 0 aliphatic heterocycles. The van der Waals surface area contributed by atoms with Gasteiger partial charge in [-0.3, -0.25) is 4.79 Å². The van der Waals surface area contributed by atoms with E-state index in [4.69, 9.17) is 4.74 Å². The maximum absolute atomic E-state index is 11.2. The van der Waals surface area contributed by atoms with Gasteiger partial charge in [0.15, 0.2) is 0 Å². The summed E-state index contributed by atoms with van der Waals surface area (Å²) >= 11 is 8.07. The van der Waals surface area contributed by atoms with Gasteiger partial charge in [-0.05, 0) is 6.42 Å². The van der Waals surface area contributed by atoms with Gasteiger partial charge < -0.3 is 4.74 Å². The first-order valence-corrected chi connectivity index (χ1v) is 8.72. The van der Waals surface area contributed by atoms with Crippen LogP contribution in [0.1, 0.15) is 77.6 Å². The third-order valence-electron chi connectivity index (χ3n) is 3.11. The van der Waals surface area contributed by atoms with Gasteiger partial charge in [0.2, 0.25) is 0 Å². The fourth-order valence-corrected chi connectivity index (χ4v) is 2.28. The summed E-state index contributed by atoms with van der Waals surface area (Å²) < 4.78 is 4.88. The fourth-order valence-electron chi connectivity index (χ4n) is 1.98. The highest BCUT2D eigenvalue weighted by molar-refractivity contribution is 7.99. The molecule has 0 saturated carbocycles. The van der Waals surface area contributed by atoms with Crippen molar-refractivity contribution in [3.63, 3.8) is 0 Å². The number of thiol groups is 2. The third kappa shape index (κ3) is 16.1. The van der Waals surface area contributed by atoms with Crippen molar-refractivity contribution in [2.45, 2.75) is 82.1 Å². The third-order valence-corrected chi connectivity index (χ3v) is 3.48. The largest absolute Gasteiger partial charge is 0.466 e. The van der Waals surface area contributed by atoms with E-state index in [1.807, 2.05) is 0 Å². The second-order valence-electron chi connectivity index (χ2n) is 5.09. The lowest BCUT2D eigenvalue weighted by Crippen LogP contribution is -2.09. The van der Waals surface area contributed by atoms with E-state index in [0.717, 1.165) is 12.8 Å². The van der Waals surface area contributed by atoms with E-state index >= 15 is 0 Å². The lowest BCUT2D eigenvalue weighted by atomic mass is 10.1. The van der Waals surface area contributed by atoms with E-state index in [0.29, 0.717) is 6.61 Å². The fraction of sp³-hybridized carbons (Fsp3) is 0.933. The van der Waals surface area contributed by atoms with Crippen LogP contribution in [0.5, 0.6) is 0 Å². The number of unbranched alkanes of at least 4 members (excludes halogenated alkanes) is 9. The van der Waals surface area contributed by atoms with Crippen molar-refractivity contribution in [1.29, 1.82) is 0 Å². The summed E-state index contributed by atoms with van der Waals surface area (Å²) in [5.41, 5.74) is 0. The molecule has 0 radical (unpaired) electrons. The lowest BCUT2D eigenvalue weighted by molar-refractivity contribution is -0.143. The van der Waals surface area contributed by atoms with Crippen molar-refractivity contribution in [2.24, 2.45) is 0 Å². The summed E-state index contributed by atoms with van der Waals surface area (Å²) in [6, 6.07) is 0. The summed E-state index contributed by atoms with van der Waals surface area (Å²) in [6.07, 6.45) is 13.2. The van der Waals surface area contributed by atoms with Gasteiger partial charge in [-0.2, -0.15) is 25.3 Å². The maximum atomic E-state index is 11.2. The Balaban J connectivity index is 3.08. The molecule has 0 bridgehead atoms. The monoisotopic (exact) mass is 306 g/mol. The van der Waals surface area contributed by atoms with Crippen molar-refractivity contribution in [3.8, 4) is 0 Å². The number of carbonyl (C=O) groups is 1. The van der Waals surface area contributed by atoms with Gasteiger partial charge >= 0.3 is 5.97 Å². The standard InChI is InChI=1S/C15H30O2S2/c1-2-3-4-5-6-7-8-9-10-11-12-17-14(16)13-15(18)19/h15,18-19H,2-13H2,1H3. The van der Waals surface area contributed by atoms with Gasteiger partial charge in [0.05, 0.1) is 17.6 Å². The number of rotatable bonds is 13. The Kier molecular flexibility index (Phi) is 14.7. The molecule has 0 unspecified atom stereocenters. The molecule has 2 nitrogen and oxygen atoms in total. The molecule has 114 valence electrons. The van der Waals surface area contributed by atoms with E-state index in [1.54, 1.807) is 0 Å². The number of carbonyl (C=O) groups excluding carboxylic acids is 1. The zero-order chi connectivity index (χ0) is 14.3. The molecule has 0 heterocycles. The minimum Gasteiger partial charge on any atom is -0.466 e. The Bertz CT molecular complexity index is 208. The second-order valence-corrected chi connectivity index (χ2v) is 6.74. The van der Waals surface area contributed by atoms with Gasteiger partial charge in [-0.25, -0.2) is 0 Å². The Morgan fingerprint density at radius 2 is 1.37 bits per heavy atom. The van der Waals surface area contributed by atoms with Gasteiger partial charge in [0.1, 0.15) is 0 Å². The average molecular weight is 307 g/mol. The Labute approximate surface area is 129 Å². The van der Waals surface area contributed by atoms with Crippen LogP contribution < -0.4 is 0 Å². The average Bonchev–Trinajstić information content (AvgIpc) is 2.35. The zero-order valence-electron chi connectivity index (χ0n) is 12.3. The van der Waals surface area contributed by atoms with E-state index in [1.165, 1.54) is 51.4 Å². The molecule has 0 aliphatic carbocycles. The van der Waals surface area contributed by atoms with Crippen molar-refractivity contribution in [1.82, 2.24) is 0 Å². The first kappa shape index (κ1) is 19.2. The molecule has 0 aromatic carbocycles. The van der Waals surface area contributed by atoms with E-state index in [9.17, 15) is 4.79 Å². The molecule has 0 N–H and O–H groups in total. The van der Waals surface area contributed by atoms with Gasteiger partial charge in [-0.1, -0.05) is 64.7 Å². The van der Waals surface area contributed by atoms with Crippen LogP contribution >= 0.6 is 25.3 Å². The molecule has 0 fully saturated rings. The Morgan fingerprint density at radius 1 is 0.895 bits per heavy atom. The van der Waals surface area contributed by atoms with Crippen molar-refractivity contribution in [3.05, 3.63) is 0 Å². The molecule has 0 spiro atoms. The molecule has 0 aliphatic rings. The highest BCUT2D eigenvalue weighted by Gasteiger charge is 2.06. The summed E-state index contributed by atoms with van der Waals surface area (Å²) in [6.45, 7) is 2.79. The molecule has 0 atom stereocenters.